The molecule has 0 aliphatic heterocycles. The molecule has 2 aromatic rings. The smallest absolute Gasteiger partial charge is 0.255 e. The first-order valence-electron chi connectivity index (χ1n) is 5.82. The monoisotopic (exact) mass is 388 g/mol. The molecule has 0 aliphatic carbocycles. The molecule has 0 unspecified atom stereocenters. The van der Waals surface area contributed by atoms with Gasteiger partial charge in [-0.15, -0.1) is 0 Å². The molecule has 110 valence electrons. The van der Waals surface area contributed by atoms with Gasteiger partial charge in [0.05, 0.1) is 28.5 Å². The molecule has 0 aromatic heterocycles. The fourth-order valence-corrected chi connectivity index (χ4v) is 2.49. The number of rotatable bonds is 3. The van der Waals surface area contributed by atoms with Crippen molar-refractivity contribution >= 4 is 56.4 Å². The topological polar surface area (TPSA) is 64.3 Å². The Morgan fingerprint density at radius 3 is 2.62 bits per heavy atom. The lowest BCUT2D eigenvalue weighted by atomic mass is 10.1. The molecule has 0 radical (unpaired) electrons. The highest BCUT2D eigenvalue weighted by molar-refractivity contribution is 9.10. The second-order valence-electron chi connectivity index (χ2n) is 4.13. The minimum absolute atomic E-state index is 0.266. The number of benzene rings is 2. The Bertz CT molecular complexity index is 708. The number of hydrogen-bond donors (Lipinski definition) is 2. The van der Waals surface area contributed by atoms with Gasteiger partial charge < -0.3 is 15.8 Å². The quantitative estimate of drug-likeness (QED) is 0.595. The molecule has 2 rings (SSSR count). The van der Waals surface area contributed by atoms with Crippen molar-refractivity contribution < 1.29 is 9.53 Å². The van der Waals surface area contributed by atoms with E-state index in [1.165, 1.54) is 7.11 Å². The highest BCUT2D eigenvalue weighted by Crippen LogP contribution is 2.36. The van der Waals surface area contributed by atoms with Crippen molar-refractivity contribution in [3.8, 4) is 5.75 Å². The van der Waals surface area contributed by atoms with E-state index in [0.29, 0.717) is 32.2 Å². The van der Waals surface area contributed by atoms with Crippen molar-refractivity contribution in [3.63, 3.8) is 0 Å². The van der Waals surface area contributed by atoms with Crippen LogP contribution in [-0.4, -0.2) is 13.0 Å². The molecule has 0 spiro atoms. The highest BCUT2D eigenvalue weighted by atomic mass is 79.9. The maximum atomic E-state index is 12.2. The number of methoxy groups -OCH3 is 1. The summed E-state index contributed by atoms with van der Waals surface area (Å²) in [7, 11) is 1.48. The van der Waals surface area contributed by atoms with Crippen molar-refractivity contribution in [1.82, 2.24) is 0 Å². The fraction of sp³-hybridized carbons (Fsp3) is 0.0714. The first kappa shape index (κ1) is 15.9. The Hall–Kier alpha value is -1.43. The summed E-state index contributed by atoms with van der Waals surface area (Å²) in [5, 5.41) is 3.30. The van der Waals surface area contributed by atoms with Crippen LogP contribution >= 0.6 is 39.1 Å². The minimum Gasteiger partial charge on any atom is -0.495 e. The Balaban J connectivity index is 2.28. The summed E-state index contributed by atoms with van der Waals surface area (Å²) >= 11 is 15.4. The SMILES string of the molecule is COc1cc(C(=O)Nc2ccc(Br)c(Cl)c2Cl)ccc1N. The van der Waals surface area contributed by atoms with Crippen LogP contribution in [0.1, 0.15) is 10.4 Å². The summed E-state index contributed by atoms with van der Waals surface area (Å²) in [6.45, 7) is 0. The molecule has 7 heteroatoms. The molecule has 0 aliphatic rings. The van der Waals surface area contributed by atoms with Gasteiger partial charge in [0.2, 0.25) is 0 Å². The van der Waals surface area contributed by atoms with Crippen LogP contribution in [0.4, 0.5) is 11.4 Å². The van der Waals surface area contributed by atoms with Crippen LogP contribution in [0.15, 0.2) is 34.8 Å². The van der Waals surface area contributed by atoms with E-state index in [-0.39, 0.29) is 10.9 Å². The normalized spacial score (nSPS) is 10.3. The molecule has 0 bridgehead atoms. The summed E-state index contributed by atoms with van der Waals surface area (Å²) in [4.78, 5) is 12.2. The van der Waals surface area contributed by atoms with Gasteiger partial charge in [-0.3, -0.25) is 4.79 Å². The van der Waals surface area contributed by atoms with Crippen LogP contribution < -0.4 is 15.8 Å². The Labute approximate surface area is 140 Å². The summed E-state index contributed by atoms with van der Waals surface area (Å²) < 4.78 is 5.74. The molecule has 0 atom stereocenters. The number of nitrogen functional groups attached to an aromatic ring is 1. The van der Waals surface area contributed by atoms with Gasteiger partial charge in [-0.05, 0) is 46.3 Å². The van der Waals surface area contributed by atoms with E-state index in [0.717, 1.165) is 0 Å². The van der Waals surface area contributed by atoms with Crippen molar-refractivity contribution in [3.05, 3.63) is 50.4 Å². The Kier molecular flexibility index (Phi) is 4.98. The minimum atomic E-state index is -0.339. The van der Waals surface area contributed by atoms with Crippen molar-refractivity contribution in [1.29, 1.82) is 0 Å². The molecule has 0 fully saturated rings. The van der Waals surface area contributed by atoms with Crippen LogP contribution in [0.25, 0.3) is 0 Å². The number of ether oxygens (including phenoxy) is 1. The van der Waals surface area contributed by atoms with E-state index >= 15 is 0 Å². The summed E-state index contributed by atoms with van der Waals surface area (Å²) in [5.41, 5.74) is 6.99. The Morgan fingerprint density at radius 2 is 1.95 bits per heavy atom. The van der Waals surface area contributed by atoms with E-state index in [9.17, 15) is 4.79 Å². The molecular formula is C14H11BrCl2N2O2. The van der Waals surface area contributed by atoms with Gasteiger partial charge in [0.1, 0.15) is 5.75 Å². The van der Waals surface area contributed by atoms with E-state index in [1.807, 2.05) is 0 Å². The third-order valence-corrected chi connectivity index (χ3v) is 4.55. The third kappa shape index (κ3) is 3.43. The molecule has 21 heavy (non-hydrogen) atoms. The zero-order valence-corrected chi connectivity index (χ0v) is 14.0. The lowest BCUT2D eigenvalue weighted by Gasteiger charge is -2.11. The maximum absolute atomic E-state index is 12.2. The lowest BCUT2D eigenvalue weighted by Crippen LogP contribution is -2.12. The molecule has 1 amide bonds. The molecule has 2 aromatic carbocycles. The van der Waals surface area contributed by atoms with Gasteiger partial charge in [0, 0.05) is 10.0 Å². The average Bonchev–Trinajstić information content (AvgIpc) is 2.48. The zero-order chi connectivity index (χ0) is 15.6. The average molecular weight is 390 g/mol. The molecular weight excluding hydrogens is 379 g/mol. The molecule has 4 nitrogen and oxygen atoms in total. The number of anilines is 2. The molecule has 0 heterocycles. The van der Waals surface area contributed by atoms with Gasteiger partial charge >= 0.3 is 0 Å². The van der Waals surface area contributed by atoms with Crippen LogP contribution in [-0.2, 0) is 0 Å². The number of carbonyl (C=O) groups excluding carboxylic acids is 1. The molecule has 0 saturated carbocycles. The van der Waals surface area contributed by atoms with Gasteiger partial charge in [-0.1, -0.05) is 23.2 Å². The highest BCUT2D eigenvalue weighted by Gasteiger charge is 2.13. The number of nitrogens with two attached hydrogens (primary N) is 1. The van der Waals surface area contributed by atoms with Crippen LogP contribution in [0, 0.1) is 0 Å². The maximum Gasteiger partial charge on any atom is 0.255 e. The number of carbonyl (C=O) groups is 1. The van der Waals surface area contributed by atoms with Crippen LogP contribution in [0.2, 0.25) is 10.0 Å². The lowest BCUT2D eigenvalue weighted by molar-refractivity contribution is 0.102. The first-order valence-corrected chi connectivity index (χ1v) is 7.37. The fourth-order valence-electron chi connectivity index (χ4n) is 1.67. The molecule has 3 N–H and O–H groups in total. The number of hydrogen-bond acceptors (Lipinski definition) is 3. The van der Waals surface area contributed by atoms with E-state index in [1.54, 1.807) is 30.3 Å². The number of nitrogens with one attached hydrogen (secondary N) is 1. The third-order valence-electron chi connectivity index (χ3n) is 2.78. The predicted molar refractivity (Wildman–Crippen MR) is 89.5 cm³/mol. The van der Waals surface area contributed by atoms with Gasteiger partial charge in [-0.2, -0.15) is 0 Å². The summed E-state index contributed by atoms with van der Waals surface area (Å²) in [6.07, 6.45) is 0. The number of halogens is 3. The standard InChI is InChI=1S/C14H11BrCl2N2O2/c1-21-11-6-7(2-4-9(11)18)14(20)19-10-5-3-8(15)12(16)13(10)17/h2-6H,18H2,1H3,(H,19,20). The van der Waals surface area contributed by atoms with E-state index < -0.39 is 0 Å². The van der Waals surface area contributed by atoms with Gasteiger partial charge in [-0.25, -0.2) is 0 Å². The van der Waals surface area contributed by atoms with Gasteiger partial charge in [0.25, 0.3) is 5.91 Å². The van der Waals surface area contributed by atoms with Crippen LogP contribution in [0.3, 0.4) is 0 Å². The van der Waals surface area contributed by atoms with Crippen molar-refractivity contribution in [2.45, 2.75) is 0 Å². The molecule has 0 saturated heterocycles. The summed E-state index contributed by atoms with van der Waals surface area (Å²) in [6, 6.07) is 8.11. The second-order valence-corrected chi connectivity index (χ2v) is 5.74. The van der Waals surface area contributed by atoms with Gasteiger partial charge in [0.15, 0.2) is 0 Å². The predicted octanol–water partition coefficient (Wildman–Crippen LogP) is 4.60. The largest absolute Gasteiger partial charge is 0.495 e. The van der Waals surface area contributed by atoms with Crippen molar-refractivity contribution in [2.24, 2.45) is 0 Å². The van der Waals surface area contributed by atoms with E-state index in [2.05, 4.69) is 21.2 Å². The van der Waals surface area contributed by atoms with Crippen molar-refractivity contribution in [2.75, 3.05) is 18.2 Å². The first-order chi connectivity index (χ1) is 9.93. The summed E-state index contributed by atoms with van der Waals surface area (Å²) in [5.74, 6) is 0.0937. The Morgan fingerprint density at radius 1 is 1.24 bits per heavy atom. The van der Waals surface area contributed by atoms with E-state index in [4.69, 9.17) is 33.7 Å². The second kappa shape index (κ2) is 6.56. The number of amides is 1. The zero-order valence-electron chi connectivity index (χ0n) is 10.9. The van der Waals surface area contributed by atoms with Crippen LogP contribution in [0.5, 0.6) is 5.75 Å².